The van der Waals surface area contributed by atoms with Crippen LogP contribution >= 0.6 is 0 Å². The van der Waals surface area contributed by atoms with Gasteiger partial charge in [-0.1, -0.05) is 51.2 Å². The summed E-state index contributed by atoms with van der Waals surface area (Å²) < 4.78 is 0. The molecule has 1 saturated carbocycles. The third-order valence-corrected chi connectivity index (χ3v) is 4.47. The van der Waals surface area contributed by atoms with Crippen molar-refractivity contribution in [3.8, 4) is 6.07 Å². The zero-order valence-electron chi connectivity index (χ0n) is 11.4. The van der Waals surface area contributed by atoms with Gasteiger partial charge in [0.1, 0.15) is 0 Å². The number of hydrogen-bond donors (Lipinski definition) is 0. The van der Waals surface area contributed by atoms with Gasteiger partial charge in [0.15, 0.2) is 0 Å². The van der Waals surface area contributed by atoms with Crippen LogP contribution in [-0.4, -0.2) is 0 Å². The van der Waals surface area contributed by atoms with Gasteiger partial charge in [-0.25, -0.2) is 0 Å². The molecule has 0 spiro atoms. The molecule has 1 aromatic carbocycles. The Balaban J connectivity index is 1.76. The molecular weight excluding hydrogens is 218 g/mol. The predicted octanol–water partition coefficient (Wildman–Crippen LogP) is 4.71. The van der Waals surface area contributed by atoms with Crippen LogP contribution in [0.3, 0.4) is 0 Å². The summed E-state index contributed by atoms with van der Waals surface area (Å²) in [6, 6.07) is 10.3. The highest BCUT2D eigenvalue weighted by Crippen LogP contribution is 2.33. The summed E-state index contributed by atoms with van der Waals surface area (Å²) in [5, 5.41) is 8.76. The van der Waals surface area contributed by atoms with E-state index in [1.807, 2.05) is 12.1 Å². The molecule has 0 radical (unpaired) electrons. The summed E-state index contributed by atoms with van der Waals surface area (Å²) in [4.78, 5) is 0. The van der Waals surface area contributed by atoms with E-state index in [2.05, 4.69) is 25.1 Å². The lowest BCUT2D eigenvalue weighted by atomic mass is 9.78. The second-order valence-electron chi connectivity index (χ2n) is 5.64. The van der Waals surface area contributed by atoms with Crippen molar-refractivity contribution in [2.24, 2.45) is 11.8 Å². The molecule has 1 fully saturated rings. The van der Waals surface area contributed by atoms with Crippen LogP contribution in [0.1, 0.15) is 56.6 Å². The van der Waals surface area contributed by atoms with Gasteiger partial charge in [-0.3, -0.25) is 0 Å². The van der Waals surface area contributed by atoms with Gasteiger partial charge in [-0.2, -0.15) is 5.26 Å². The Kier molecular flexibility index (Phi) is 4.81. The number of hydrogen-bond acceptors (Lipinski definition) is 1. The lowest BCUT2D eigenvalue weighted by Gasteiger charge is -2.27. The average molecular weight is 241 g/mol. The Bertz CT molecular complexity index is 391. The molecule has 0 N–H and O–H groups in total. The smallest absolute Gasteiger partial charge is 0.0991 e. The Morgan fingerprint density at radius 2 is 1.67 bits per heavy atom. The molecule has 0 bridgehead atoms. The summed E-state index contributed by atoms with van der Waals surface area (Å²) in [6.45, 7) is 2.32. The fraction of sp³-hybridized carbons (Fsp3) is 0.588. The number of nitriles is 1. The van der Waals surface area contributed by atoms with Gasteiger partial charge in [-0.05, 0) is 42.4 Å². The molecule has 0 saturated heterocycles. The SMILES string of the molecule is CC[C@H]1CC[C@H](CCc2ccc(C#N)cc2)CC1. The summed E-state index contributed by atoms with van der Waals surface area (Å²) in [5.74, 6) is 1.93. The highest BCUT2D eigenvalue weighted by Gasteiger charge is 2.19. The Morgan fingerprint density at radius 3 is 2.22 bits per heavy atom. The Morgan fingerprint density at radius 1 is 1.06 bits per heavy atom. The van der Waals surface area contributed by atoms with Crippen LogP contribution in [0.2, 0.25) is 0 Å². The van der Waals surface area contributed by atoms with E-state index >= 15 is 0 Å². The van der Waals surface area contributed by atoms with E-state index in [4.69, 9.17) is 5.26 Å². The monoisotopic (exact) mass is 241 g/mol. The van der Waals surface area contributed by atoms with Gasteiger partial charge in [0.25, 0.3) is 0 Å². The first-order chi connectivity index (χ1) is 8.81. The van der Waals surface area contributed by atoms with Crippen molar-refractivity contribution in [1.82, 2.24) is 0 Å². The minimum Gasteiger partial charge on any atom is -0.192 e. The lowest BCUT2D eigenvalue weighted by Crippen LogP contribution is -2.14. The van der Waals surface area contributed by atoms with E-state index in [1.165, 1.54) is 50.5 Å². The van der Waals surface area contributed by atoms with Gasteiger partial charge < -0.3 is 0 Å². The molecule has 2 rings (SSSR count). The van der Waals surface area contributed by atoms with E-state index in [-0.39, 0.29) is 0 Å². The largest absolute Gasteiger partial charge is 0.192 e. The molecule has 0 amide bonds. The quantitative estimate of drug-likeness (QED) is 0.749. The van der Waals surface area contributed by atoms with E-state index < -0.39 is 0 Å². The zero-order chi connectivity index (χ0) is 12.8. The molecule has 0 aromatic heterocycles. The maximum Gasteiger partial charge on any atom is 0.0991 e. The van der Waals surface area contributed by atoms with Crippen molar-refractivity contribution in [2.45, 2.75) is 51.9 Å². The Hall–Kier alpha value is -1.29. The average Bonchev–Trinajstić information content (AvgIpc) is 2.46. The van der Waals surface area contributed by atoms with E-state index in [9.17, 15) is 0 Å². The predicted molar refractivity (Wildman–Crippen MR) is 75.2 cm³/mol. The number of rotatable bonds is 4. The molecule has 1 aromatic rings. The molecule has 0 aliphatic heterocycles. The van der Waals surface area contributed by atoms with Crippen molar-refractivity contribution in [3.05, 3.63) is 35.4 Å². The van der Waals surface area contributed by atoms with Crippen molar-refractivity contribution < 1.29 is 0 Å². The van der Waals surface area contributed by atoms with Gasteiger partial charge in [0.2, 0.25) is 0 Å². The maximum absolute atomic E-state index is 8.76. The number of nitrogens with zero attached hydrogens (tertiary/aromatic N) is 1. The highest BCUT2D eigenvalue weighted by molar-refractivity contribution is 5.31. The molecule has 1 nitrogen and oxygen atoms in total. The molecule has 18 heavy (non-hydrogen) atoms. The van der Waals surface area contributed by atoms with Crippen LogP contribution in [-0.2, 0) is 6.42 Å². The second kappa shape index (κ2) is 6.59. The van der Waals surface area contributed by atoms with Crippen LogP contribution in [0.5, 0.6) is 0 Å². The molecule has 96 valence electrons. The molecule has 0 unspecified atom stereocenters. The van der Waals surface area contributed by atoms with E-state index in [0.717, 1.165) is 17.4 Å². The number of aryl methyl sites for hydroxylation is 1. The van der Waals surface area contributed by atoms with Crippen LogP contribution in [0, 0.1) is 23.2 Å². The lowest BCUT2D eigenvalue weighted by molar-refractivity contribution is 0.259. The third-order valence-electron chi connectivity index (χ3n) is 4.47. The van der Waals surface area contributed by atoms with Crippen LogP contribution in [0.25, 0.3) is 0 Å². The number of benzene rings is 1. The fourth-order valence-electron chi connectivity index (χ4n) is 3.05. The van der Waals surface area contributed by atoms with Crippen LogP contribution < -0.4 is 0 Å². The standard InChI is InChI=1S/C17H23N/c1-2-14-3-5-15(6-4-14)7-8-16-9-11-17(13-18)12-10-16/h9-12,14-15H,2-8H2,1H3/t14-,15-. The molecule has 0 heterocycles. The minimum absolute atomic E-state index is 0.766. The Labute approximate surface area is 111 Å². The highest BCUT2D eigenvalue weighted by atomic mass is 14.3. The molecule has 1 aliphatic carbocycles. The van der Waals surface area contributed by atoms with Crippen LogP contribution in [0.4, 0.5) is 0 Å². The van der Waals surface area contributed by atoms with Crippen molar-refractivity contribution >= 4 is 0 Å². The summed E-state index contributed by atoms with van der Waals surface area (Å²) in [7, 11) is 0. The van der Waals surface area contributed by atoms with Gasteiger partial charge in [0.05, 0.1) is 11.6 Å². The third kappa shape index (κ3) is 3.60. The van der Waals surface area contributed by atoms with E-state index in [1.54, 1.807) is 0 Å². The topological polar surface area (TPSA) is 23.8 Å². The maximum atomic E-state index is 8.76. The fourth-order valence-corrected chi connectivity index (χ4v) is 3.05. The molecule has 1 aliphatic rings. The molecular formula is C17H23N. The van der Waals surface area contributed by atoms with Crippen molar-refractivity contribution in [1.29, 1.82) is 5.26 Å². The summed E-state index contributed by atoms with van der Waals surface area (Å²) >= 11 is 0. The van der Waals surface area contributed by atoms with Crippen molar-refractivity contribution in [2.75, 3.05) is 0 Å². The van der Waals surface area contributed by atoms with Crippen molar-refractivity contribution in [3.63, 3.8) is 0 Å². The summed E-state index contributed by atoms with van der Waals surface area (Å²) in [6.07, 6.45) is 9.59. The second-order valence-corrected chi connectivity index (χ2v) is 5.64. The van der Waals surface area contributed by atoms with Gasteiger partial charge >= 0.3 is 0 Å². The van der Waals surface area contributed by atoms with E-state index in [0.29, 0.717) is 0 Å². The molecule has 0 atom stereocenters. The molecule has 1 heteroatoms. The van der Waals surface area contributed by atoms with Gasteiger partial charge in [-0.15, -0.1) is 0 Å². The van der Waals surface area contributed by atoms with Gasteiger partial charge in [0, 0.05) is 0 Å². The van der Waals surface area contributed by atoms with Crippen LogP contribution in [0.15, 0.2) is 24.3 Å². The first kappa shape index (κ1) is 13.1. The first-order valence-electron chi connectivity index (χ1n) is 7.31. The zero-order valence-corrected chi connectivity index (χ0v) is 11.4. The normalized spacial score (nSPS) is 23.6. The summed E-state index contributed by atoms with van der Waals surface area (Å²) in [5.41, 5.74) is 2.15. The minimum atomic E-state index is 0.766. The first-order valence-corrected chi connectivity index (χ1v) is 7.31.